The van der Waals surface area contributed by atoms with Crippen molar-refractivity contribution in [1.29, 1.82) is 0 Å². The van der Waals surface area contributed by atoms with E-state index in [0.717, 1.165) is 12.8 Å². The van der Waals surface area contributed by atoms with Crippen molar-refractivity contribution < 1.29 is 13.2 Å². The fraction of sp³-hybridized carbons (Fsp3) is 0.438. The molecule has 0 bridgehead atoms. The first-order valence-corrected chi connectivity index (χ1v) is 12.0. The maximum Gasteiger partial charge on any atom is 0.234 e. The van der Waals surface area contributed by atoms with Gasteiger partial charge in [0, 0.05) is 24.0 Å². The van der Waals surface area contributed by atoms with Crippen molar-refractivity contribution in [2.24, 2.45) is 0 Å². The summed E-state index contributed by atoms with van der Waals surface area (Å²) in [7, 11) is -3.23. The molecule has 0 N–H and O–H groups in total. The van der Waals surface area contributed by atoms with Gasteiger partial charge in [-0.2, -0.15) is 9.61 Å². The van der Waals surface area contributed by atoms with E-state index in [4.69, 9.17) is 27.9 Å². The molecule has 0 spiro atoms. The van der Waals surface area contributed by atoms with Crippen LogP contribution in [0.1, 0.15) is 29.6 Å². The molecule has 2 aromatic heterocycles. The second kappa shape index (κ2) is 7.75. The Hall–Kier alpha value is -1.46. The van der Waals surface area contributed by atoms with Crippen LogP contribution >= 0.6 is 34.5 Å². The number of benzene rings is 1. The lowest BCUT2D eigenvalue weighted by atomic mass is 9.99. The first kappa shape index (κ1) is 19.8. The number of halogens is 2. The van der Waals surface area contributed by atoms with Crippen LogP contribution in [0.5, 0.6) is 5.75 Å². The maximum atomic E-state index is 11.9. The van der Waals surface area contributed by atoms with E-state index in [2.05, 4.69) is 15.3 Å². The van der Waals surface area contributed by atoms with E-state index in [9.17, 15) is 8.42 Å². The van der Waals surface area contributed by atoms with Crippen molar-refractivity contribution >= 4 is 49.5 Å². The predicted octanol–water partition coefficient (Wildman–Crippen LogP) is 3.21. The summed E-state index contributed by atoms with van der Waals surface area (Å²) in [6.45, 7) is 1.16. The van der Waals surface area contributed by atoms with Crippen LogP contribution in [0.4, 0.5) is 0 Å². The van der Waals surface area contributed by atoms with Crippen molar-refractivity contribution in [1.82, 2.24) is 24.1 Å². The topological polar surface area (TPSA) is 89.7 Å². The van der Waals surface area contributed by atoms with Gasteiger partial charge in [-0.05, 0) is 31.0 Å². The number of sulfonamides is 1. The van der Waals surface area contributed by atoms with Crippen molar-refractivity contribution in [2.45, 2.75) is 25.4 Å². The summed E-state index contributed by atoms with van der Waals surface area (Å²) >= 11 is 13.4. The van der Waals surface area contributed by atoms with E-state index in [1.165, 1.54) is 21.9 Å². The average molecular weight is 462 g/mol. The number of fused-ring (bicyclic) bond motifs is 1. The van der Waals surface area contributed by atoms with Gasteiger partial charge in [0.15, 0.2) is 10.8 Å². The Balaban J connectivity index is 1.52. The first-order chi connectivity index (χ1) is 13.3. The molecule has 150 valence electrons. The van der Waals surface area contributed by atoms with E-state index in [0.29, 0.717) is 44.7 Å². The Kier molecular flexibility index (Phi) is 5.49. The van der Waals surface area contributed by atoms with Crippen molar-refractivity contribution in [3.8, 4) is 5.75 Å². The van der Waals surface area contributed by atoms with Gasteiger partial charge in [0.25, 0.3) is 0 Å². The maximum absolute atomic E-state index is 11.9. The van der Waals surface area contributed by atoms with Crippen LogP contribution in [0.15, 0.2) is 18.2 Å². The van der Waals surface area contributed by atoms with Gasteiger partial charge < -0.3 is 4.74 Å². The normalized spacial score (nSPS) is 18.6. The van der Waals surface area contributed by atoms with Gasteiger partial charge >= 0.3 is 0 Å². The number of nitrogens with zero attached hydrogens (tertiary/aromatic N) is 5. The molecule has 8 nitrogen and oxygen atoms in total. The lowest BCUT2D eigenvalue weighted by molar-refractivity contribution is 0.301. The minimum Gasteiger partial charge on any atom is -0.485 e. The number of piperidine rings is 1. The molecule has 1 aromatic carbocycles. The van der Waals surface area contributed by atoms with Crippen molar-refractivity contribution in [3.05, 3.63) is 39.1 Å². The lowest BCUT2D eigenvalue weighted by Gasteiger charge is -2.29. The molecule has 1 atom stereocenters. The van der Waals surface area contributed by atoms with Gasteiger partial charge in [0.1, 0.15) is 12.4 Å². The van der Waals surface area contributed by atoms with Crippen LogP contribution in [0.25, 0.3) is 4.96 Å². The average Bonchev–Trinajstić information content (AvgIpc) is 3.20. The molecule has 1 aliphatic heterocycles. The third-order valence-electron chi connectivity index (χ3n) is 4.52. The van der Waals surface area contributed by atoms with Crippen LogP contribution in [-0.4, -0.2) is 51.9 Å². The van der Waals surface area contributed by atoms with Crippen molar-refractivity contribution in [3.63, 3.8) is 0 Å². The highest BCUT2D eigenvalue weighted by molar-refractivity contribution is 7.88. The third-order valence-corrected chi connectivity index (χ3v) is 7.19. The van der Waals surface area contributed by atoms with Crippen LogP contribution < -0.4 is 4.74 Å². The summed E-state index contributed by atoms with van der Waals surface area (Å²) in [6.07, 6.45) is 2.85. The largest absolute Gasteiger partial charge is 0.485 e. The summed E-state index contributed by atoms with van der Waals surface area (Å²) in [6, 6.07) is 5.03. The fourth-order valence-corrected chi connectivity index (χ4v) is 5.30. The summed E-state index contributed by atoms with van der Waals surface area (Å²) in [5.41, 5.74) is 0. The molecule has 12 heteroatoms. The van der Waals surface area contributed by atoms with Gasteiger partial charge in [-0.3, -0.25) is 0 Å². The minimum atomic E-state index is -3.23. The van der Waals surface area contributed by atoms with E-state index in [-0.39, 0.29) is 12.5 Å². The summed E-state index contributed by atoms with van der Waals surface area (Å²) in [4.78, 5) is 0.646. The second-order valence-corrected chi connectivity index (χ2v) is 10.4. The zero-order valence-electron chi connectivity index (χ0n) is 14.9. The van der Waals surface area contributed by atoms with Gasteiger partial charge in [0.2, 0.25) is 15.0 Å². The van der Waals surface area contributed by atoms with Crippen molar-refractivity contribution in [2.75, 3.05) is 19.3 Å². The summed E-state index contributed by atoms with van der Waals surface area (Å²) in [5.74, 6) is 1.16. The van der Waals surface area contributed by atoms with Gasteiger partial charge in [-0.25, -0.2) is 12.7 Å². The number of ether oxygens (including phenoxy) is 1. The molecule has 0 aliphatic carbocycles. The third kappa shape index (κ3) is 4.11. The number of hydrogen-bond donors (Lipinski definition) is 0. The molecule has 3 aromatic rings. The van der Waals surface area contributed by atoms with Gasteiger partial charge in [-0.15, -0.1) is 10.2 Å². The molecule has 0 radical (unpaired) electrons. The molecule has 0 amide bonds. The standard InChI is InChI=1S/C16H17Cl2N5O3S2/c1-28(24,25)22-6-2-3-10(8-22)15-19-20-16-23(15)21-14(27-16)9-26-13-5-4-11(17)7-12(13)18/h4-5,7,10H,2-3,6,8-9H2,1H3. The Morgan fingerprint density at radius 3 is 2.89 bits per heavy atom. The fourth-order valence-electron chi connectivity index (χ4n) is 3.17. The number of rotatable bonds is 5. The molecule has 3 heterocycles. The van der Waals surface area contributed by atoms with E-state index in [1.807, 2.05) is 0 Å². The molecule has 1 saturated heterocycles. The Morgan fingerprint density at radius 1 is 1.32 bits per heavy atom. The summed E-state index contributed by atoms with van der Waals surface area (Å²) < 4.78 is 32.6. The van der Waals surface area contributed by atoms with Gasteiger partial charge in [0.05, 0.1) is 11.3 Å². The highest BCUT2D eigenvalue weighted by atomic mass is 35.5. The summed E-state index contributed by atoms with van der Waals surface area (Å²) in [5, 5.41) is 14.7. The molecule has 28 heavy (non-hydrogen) atoms. The quantitative estimate of drug-likeness (QED) is 0.579. The zero-order chi connectivity index (χ0) is 19.9. The Labute approximate surface area is 176 Å². The first-order valence-electron chi connectivity index (χ1n) is 8.55. The molecule has 1 aliphatic rings. The Morgan fingerprint density at radius 2 is 2.14 bits per heavy atom. The van der Waals surface area contributed by atoms with Crippen LogP contribution in [0.3, 0.4) is 0 Å². The molecule has 0 saturated carbocycles. The van der Waals surface area contributed by atoms with E-state index < -0.39 is 10.0 Å². The van der Waals surface area contributed by atoms with Crippen LogP contribution in [0, 0.1) is 0 Å². The van der Waals surface area contributed by atoms with Crippen LogP contribution in [-0.2, 0) is 16.6 Å². The highest BCUT2D eigenvalue weighted by Crippen LogP contribution is 2.30. The highest BCUT2D eigenvalue weighted by Gasteiger charge is 2.30. The minimum absolute atomic E-state index is 0.0416. The Bertz CT molecular complexity index is 1110. The zero-order valence-corrected chi connectivity index (χ0v) is 18.0. The molecular weight excluding hydrogens is 445 g/mol. The van der Waals surface area contributed by atoms with Crippen LogP contribution in [0.2, 0.25) is 10.0 Å². The number of hydrogen-bond acceptors (Lipinski definition) is 7. The molecule has 1 unspecified atom stereocenters. The number of aromatic nitrogens is 4. The SMILES string of the molecule is CS(=O)(=O)N1CCCC(c2nnc3sc(COc4ccc(Cl)cc4Cl)nn23)C1. The monoisotopic (exact) mass is 461 g/mol. The second-order valence-electron chi connectivity index (χ2n) is 6.57. The van der Waals surface area contributed by atoms with Gasteiger partial charge in [-0.1, -0.05) is 34.5 Å². The molecule has 4 rings (SSSR count). The lowest BCUT2D eigenvalue weighted by Crippen LogP contribution is -2.38. The smallest absolute Gasteiger partial charge is 0.234 e. The molecular formula is C16H17Cl2N5O3S2. The molecule has 1 fully saturated rings. The van der Waals surface area contributed by atoms with E-state index in [1.54, 1.807) is 22.7 Å². The predicted molar refractivity (Wildman–Crippen MR) is 108 cm³/mol. The van der Waals surface area contributed by atoms with E-state index >= 15 is 0 Å².